The van der Waals surface area contributed by atoms with E-state index in [1.54, 1.807) is 0 Å². The quantitative estimate of drug-likeness (QED) is 0.385. The lowest BCUT2D eigenvalue weighted by Crippen LogP contribution is -2.62. The molecule has 1 fully saturated rings. The molecule has 1 rings (SSSR count). The van der Waals surface area contributed by atoms with E-state index < -0.39 is 54.6 Å². The number of esters is 4. The van der Waals surface area contributed by atoms with Gasteiger partial charge in [0.2, 0.25) is 12.4 Å². The summed E-state index contributed by atoms with van der Waals surface area (Å²) in [6, 6.07) is 0. The summed E-state index contributed by atoms with van der Waals surface area (Å²) in [6.07, 6.45) is -6.03. The molecule has 9 nitrogen and oxygen atoms in total. The van der Waals surface area contributed by atoms with Gasteiger partial charge in [-0.3, -0.25) is 19.2 Å². The summed E-state index contributed by atoms with van der Waals surface area (Å²) in [5.41, 5.74) is 0. The molecule has 0 aromatic carbocycles. The lowest BCUT2D eigenvalue weighted by Gasteiger charge is -2.43. The van der Waals surface area contributed by atoms with Crippen LogP contribution in [0.4, 0.5) is 0 Å². The van der Waals surface area contributed by atoms with Crippen LogP contribution in [0.3, 0.4) is 0 Å². The second-order valence-electron chi connectivity index (χ2n) is 5.03. The molecule has 1 heterocycles. The van der Waals surface area contributed by atoms with Gasteiger partial charge in [0.15, 0.2) is 12.2 Å². The minimum absolute atomic E-state index is 0.153. The van der Waals surface area contributed by atoms with E-state index in [2.05, 4.69) is 0 Å². The van der Waals surface area contributed by atoms with Crippen molar-refractivity contribution in [3.05, 3.63) is 0 Å². The predicted octanol–water partition coefficient (Wildman–Crippen LogP) is 0.308. The summed E-state index contributed by atoms with van der Waals surface area (Å²) in [7, 11) is 0. The second kappa shape index (κ2) is 8.84. The zero-order valence-electron chi connectivity index (χ0n) is 13.6. The highest BCUT2D eigenvalue weighted by Crippen LogP contribution is 2.30. The molecule has 0 unspecified atom stereocenters. The van der Waals surface area contributed by atoms with Crippen LogP contribution >= 0.6 is 11.6 Å². The average Bonchev–Trinajstić information content (AvgIpc) is 2.42. The lowest BCUT2D eigenvalue weighted by molar-refractivity contribution is -0.292. The maximum Gasteiger partial charge on any atom is 0.305 e. The Morgan fingerprint density at radius 1 is 0.750 bits per heavy atom. The summed E-state index contributed by atoms with van der Waals surface area (Å²) < 4.78 is 25.8. The first-order chi connectivity index (χ1) is 11.1. The highest BCUT2D eigenvalue weighted by atomic mass is 35.5. The van der Waals surface area contributed by atoms with Gasteiger partial charge in [-0.25, -0.2) is 0 Å². The van der Waals surface area contributed by atoms with Gasteiger partial charge in [0, 0.05) is 27.7 Å². The molecule has 24 heavy (non-hydrogen) atoms. The van der Waals surface area contributed by atoms with Crippen molar-refractivity contribution in [3.8, 4) is 0 Å². The van der Waals surface area contributed by atoms with E-state index in [4.69, 9.17) is 35.3 Å². The standard InChI is InChI=1S/C14H19ClO9/c1-6(16)20-11-10(5-15)24-14(23-9(4)19)13(22-8(3)18)12(11)21-7(2)17/h10-14H,5H2,1-4H3/t10-,11-,12+,13+,14+/m1/s1. The molecule has 0 aromatic rings. The third-order valence-electron chi connectivity index (χ3n) is 2.93. The van der Waals surface area contributed by atoms with Gasteiger partial charge in [-0.1, -0.05) is 0 Å². The van der Waals surface area contributed by atoms with Crippen LogP contribution in [0.5, 0.6) is 0 Å². The number of carbonyl (C=O) groups is 4. The Morgan fingerprint density at radius 2 is 1.17 bits per heavy atom. The Bertz CT molecular complexity index is 506. The van der Waals surface area contributed by atoms with E-state index in [0.717, 1.165) is 27.7 Å². The van der Waals surface area contributed by atoms with Gasteiger partial charge in [-0.15, -0.1) is 11.6 Å². The summed E-state index contributed by atoms with van der Waals surface area (Å²) in [6.45, 7) is 4.52. The monoisotopic (exact) mass is 366 g/mol. The van der Waals surface area contributed by atoms with Crippen LogP contribution in [0.25, 0.3) is 0 Å². The number of hydrogen-bond acceptors (Lipinski definition) is 9. The van der Waals surface area contributed by atoms with Gasteiger partial charge >= 0.3 is 23.9 Å². The zero-order valence-corrected chi connectivity index (χ0v) is 14.4. The van der Waals surface area contributed by atoms with E-state index >= 15 is 0 Å². The van der Waals surface area contributed by atoms with Gasteiger partial charge in [-0.05, 0) is 0 Å². The first-order valence-corrected chi connectivity index (χ1v) is 7.59. The highest BCUT2D eigenvalue weighted by Gasteiger charge is 2.52. The van der Waals surface area contributed by atoms with Crippen molar-refractivity contribution in [2.24, 2.45) is 0 Å². The average molecular weight is 367 g/mol. The number of ether oxygens (including phenoxy) is 5. The Labute approximate surface area is 143 Å². The second-order valence-corrected chi connectivity index (χ2v) is 5.34. The molecule has 0 saturated carbocycles. The van der Waals surface area contributed by atoms with Crippen LogP contribution in [-0.2, 0) is 42.9 Å². The van der Waals surface area contributed by atoms with Crippen molar-refractivity contribution < 1.29 is 42.9 Å². The molecule has 0 radical (unpaired) electrons. The van der Waals surface area contributed by atoms with Crippen molar-refractivity contribution in [1.29, 1.82) is 0 Å². The summed E-state index contributed by atoms with van der Waals surface area (Å²) in [4.78, 5) is 45.4. The minimum Gasteiger partial charge on any atom is -0.456 e. The van der Waals surface area contributed by atoms with Crippen molar-refractivity contribution >= 4 is 35.5 Å². The van der Waals surface area contributed by atoms with Crippen molar-refractivity contribution in [3.63, 3.8) is 0 Å². The third kappa shape index (κ3) is 5.64. The van der Waals surface area contributed by atoms with Gasteiger partial charge in [0.1, 0.15) is 6.10 Å². The molecule has 0 aliphatic carbocycles. The van der Waals surface area contributed by atoms with Gasteiger partial charge in [0.25, 0.3) is 0 Å². The molecule has 1 aliphatic heterocycles. The molecule has 0 bridgehead atoms. The van der Waals surface area contributed by atoms with Crippen LogP contribution in [0, 0.1) is 0 Å². The predicted molar refractivity (Wildman–Crippen MR) is 77.8 cm³/mol. The molecule has 0 spiro atoms. The molecule has 1 saturated heterocycles. The fourth-order valence-electron chi connectivity index (χ4n) is 2.24. The van der Waals surface area contributed by atoms with Crippen LogP contribution in [0.1, 0.15) is 27.7 Å². The van der Waals surface area contributed by atoms with Crippen LogP contribution in [0.2, 0.25) is 0 Å². The van der Waals surface area contributed by atoms with Gasteiger partial charge in [-0.2, -0.15) is 0 Å². The maximum absolute atomic E-state index is 11.4. The Balaban J connectivity index is 3.23. The molecule has 136 valence electrons. The van der Waals surface area contributed by atoms with Crippen LogP contribution in [-0.4, -0.2) is 60.5 Å². The van der Waals surface area contributed by atoms with E-state index in [1.165, 1.54) is 0 Å². The molecule has 0 N–H and O–H groups in total. The highest BCUT2D eigenvalue weighted by molar-refractivity contribution is 6.18. The molecular formula is C14H19ClO9. The smallest absolute Gasteiger partial charge is 0.305 e. The van der Waals surface area contributed by atoms with Crippen molar-refractivity contribution in [2.45, 2.75) is 58.4 Å². The molecule has 0 aromatic heterocycles. The summed E-state index contributed by atoms with van der Waals surface area (Å²) in [5.74, 6) is -2.99. The SMILES string of the molecule is CC(=O)O[C@H]1O[C@H](CCl)[C@@H](OC(C)=O)[C@H](OC(C)=O)[C@@H]1OC(C)=O. The molecule has 0 amide bonds. The maximum atomic E-state index is 11.4. The number of alkyl halides is 1. The van der Waals surface area contributed by atoms with Gasteiger partial charge in [0.05, 0.1) is 5.88 Å². The Hall–Kier alpha value is -1.87. The molecular weight excluding hydrogens is 348 g/mol. The van der Waals surface area contributed by atoms with Crippen LogP contribution < -0.4 is 0 Å². The van der Waals surface area contributed by atoms with Crippen molar-refractivity contribution in [1.82, 2.24) is 0 Å². The topological polar surface area (TPSA) is 114 Å². The van der Waals surface area contributed by atoms with E-state index in [-0.39, 0.29) is 5.88 Å². The number of rotatable bonds is 5. The zero-order chi connectivity index (χ0) is 18.4. The normalized spacial score (nSPS) is 29.3. The summed E-state index contributed by atoms with van der Waals surface area (Å²) >= 11 is 5.81. The van der Waals surface area contributed by atoms with E-state index in [0.29, 0.717) is 0 Å². The van der Waals surface area contributed by atoms with Gasteiger partial charge < -0.3 is 23.7 Å². The molecule has 10 heteroatoms. The summed E-state index contributed by atoms with van der Waals surface area (Å²) in [5, 5.41) is 0. The molecule has 1 aliphatic rings. The largest absolute Gasteiger partial charge is 0.456 e. The fourth-order valence-corrected chi connectivity index (χ4v) is 2.49. The van der Waals surface area contributed by atoms with Crippen LogP contribution in [0.15, 0.2) is 0 Å². The number of halogens is 1. The lowest BCUT2D eigenvalue weighted by atomic mass is 9.98. The minimum atomic E-state index is -1.37. The van der Waals surface area contributed by atoms with Crippen molar-refractivity contribution in [2.75, 3.05) is 5.88 Å². The Kier molecular flexibility index (Phi) is 7.43. The fraction of sp³-hybridized carbons (Fsp3) is 0.714. The number of carbonyl (C=O) groups excluding carboxylic acids is 4. The van der Waals surface area contributed by atoms with E-state index in [9.17, 15) is 19.2 Å². The Morgan fingerprint density at radius 3 is 1.58 bits per heavy atom. The van der Waals surface area contributed by atoms with E-state index in [1.807, 2.05) is 0 Å². The third-order valence-corrected chi connectivity index (χ3v) is 3.24. The first-order valence-electron chi connectivity index (χ1n) is 7.06. The molecule has 5 atom stereocenters. The first kappa shape index (κ1) is 20.2. The number of hydrogen-bond donors (Lipinski definition) is 0.